The van der Waals surface area contributed by atoms with Crippen LogP contribution in [0.15, 0.2) is 18.2 Å². The lowest BCUT2D eigenvalue weighted by atomic mass is 9.93. The SMILES string of the molecule is CCCC(C)CC(NN)c1cc(Cl)ccc1OC. The molecule has 2 unspecified atom stereocenters. The minimum Gasteiger partial charge on any atom is -0.496 e. The van der Waals surface area contributed by atoms with Gasteiger partial charge in [0.1, 0.15) is 5.75 Å². The number of benzene rings is 1. The maximum absolute atomic E-state index is 6.05. The first kappa shape index (κ1) is 15.3. The van der Waals surface area contributed by atoms with Gasteiger partial charge in [0.15, 0.2) is 0 Å². The van der Waals surface area contributed by atoms with Crippen molar-refractivity contribution in [3.05, 3.63) is 28.8 Å². The van der Waals surface area contributed by atoms with Crippen molar-refractivity contribution in [3.63, 3.8) is 0 Å². The first-order valence-corrected chi connectivity index (χ1v) is 6.79. The standard InChI is InChI=1S/C14H23ClN2O/c1-4-5-10(2)8-13(17-16)12-9-11(15)6-7-14(12)18-3/h6-7,9-10,13,17H,4-5,8,16H2,1-3H3. The predicted octanol–water partition coefficient (Wildman–Crippen LogP) is 3.68. The molecule has 0 fully saturated rings. The topological polar surface area (TPSA) is 47.3 Å². The maximum Gasteiger partial charge on any atom is 0.123 e. The first-order chi connectivity index (χ1) is 8.62. The third kappa shape index (κ3) is 4.16. The lowest BCUT2D eigenvalue weighted by molar-refractivity contribution is 0.367. The summed E-state index contributed by atoms with van der Waals surface area (Å²) in [6.07, 6.45) is 3.35. The lowest BCUT2D eigenvalue weighted by Gasteiger charge is -2.22. The molecule has 3 nitrogen and oxygen atoms in total. The zero-order valence-electron chi connectivity index (χ0n) is 11.4. The zero-order chi connectivity index (χ0) is 13.5. The number of nitrogens with one attached hydrogen (secondary N) is 1. The molecule has 3 N–H and O–H groups in total. The summed E-state index contributed by atoms with van der Waals surface area (Å²) in [4.78, 5) is 0. The molecular weight excluding hydrogens is 248 g/mol. The number of ether oxygens (including phenoxy) is 1. The molecule has 0 spiro atoms. The summed E-state index contributed by atoms with van der Waals surface area (Å²) in [5.41, 5.74) is 3.89. The molecule has 0 saturated carbocycles. The van der Waals surface area contributed by atoms with Crippen molar-refractivity contribution in [2.24, 2.45) is 11.8 Å². The Balaban J connectivity index is 2.89. The smallest absolute Gasteiger partial charge is 0.123 e. The van der Waals surface area contributed by atoms with E-state index in [1.54, 1.807) is 7.11 Å². The van der Waals surface area contributed by atoms with Crippen LogP contribution in [0.3, 0.4) is 0 Å². The predicted molar refractivity (Wildman–Crippen MR) is 76.8 cm³/mol. The second-order valence-corrected chi connectivity index (χ2v) is 5.17. The van der Waals surface area contributed by atoms with Gasteiger partial charge in [-0.25, -0.2) is 0 Å². The number of rotatable bonds is 7. The van der Waals surface area contributed by atoms with Gasteiger partial charge in [0.25, 0.3) is 0 Å². The van der Waals surface area contributed by atoms with E-state index >= 15 is 0 Å². The first-order valence-electron chi connectivity index (χ1n) is 6.41. The number of hydrogen-bond acceptors (Lipinski definition) is 3. The van der Waals surface area contributed by atoms with Gasteiger partial charge in [-0.2, -0.15) is 0 Å². The van der Waals surface area contributed by atoms with Gasteiger partial charge in [0, 0.05) is 16.6 Å². The normalized spacial score (nSPS) is 14.3. The summed E-state index contributed by atoms with van der Waals surface area (Å²) in [6.45, 7) is 4.44. The summed E-state index contributed by atoms with van der Waals surface area (Å²) in [7, 11) is 1.66. The molecule has 1 rings (SSSR count). The van der Waals surface area contributed by atoms with E-state index in [9.17, 15) is 0 Å². The third-order valence-corrected chi connectivity index (χ3v) is 3.42. The highest BCUT2D eigenvalue weighted by Crippen LogP contribution is 2.32. The van der Waals surface area contributed by atoms with Gasteiger partial charge < -0.3 is 4.74 Å². The Bertz CT molecular complexity index is 371. The van der Waals surface area contributed by atoms with Gasteiger partial charge in [-0.3, -0.25) is 11.3 Å². The largest absolute Gasteiger partial charge is 0.496 e. The van der Waals surface area contributed by atoms with Crippen molar-refractivity contribution in [2.75, 3.05) is 7.11 Å². The van der Waals surface area contributed by atoms with Crippen LogP contribution in [0, 0.1) is 5.92 Å². The molecule has 0 amide bonds. The fourth-order valence-electron chi connectivity index (χ4n) is 2.28. The highest BCUT2D eigenvalue weighted by atomic mass is 35.5. The van der Waals surface area contributed by atoms with Crippen LogP contribution < -0.4 is 16.0 Å². The fourth-order valence-corrected chi connectivity index (χ4v) is 2.46. The average Bonchev–Trinajstić information content (AvgIpc) is 2.36. The van der Waals surface area contributed by atoms with Crippen LogP contribution in [0.1, 0.15) is 44.7 Å². The molecule has 4 heteroatoms. The van der Waals surface area contributed by atoms with E-state index in [-0.39, 0.29) is 6.04 Å². The monoisotopic (exact) mass is 270 g/mol. The molecule has 0 aliphatic carbocycles. The van der Waals surface area contributed by atoms with Crippen molar-refractivity contribution in [1.82, 2.24) is 5.43 Å². The van der Waals surface area contributed by atoms with Crippen molar-refractivity contribution >= 4 is 11.6 Å². The summed E-state index contributed by atoms with van der Waals surface area (Å²) in [5.74, 6) is 7.11. The number of hydrogen-bond donors (Lipinski definition) is 2. The summed E-state index contributed by atoms with van der Waals surface area (Å²) in [6, 6.07) is 5.70. The van der Waals surface area contributed by atoms with E-state index in [4.69, 9.17) is 22.2 Å². The zero-order valence-corrected chi connectivity index (χ0v) is 12.1. The number of nitrogens with two attached hydrogens (primary N) is 1. The molecule has 0 bridgehead atoms. The van der Waals surface area contributed by atoms with Gasteiger partial charge in [-0.05, 0) is 30.5 Å². The molecule has 0 aliphatic rings. The van der Waals surface area contributed by atoms with Crippen LogP contribution in [0.5, 0.6) is 5.75 Å². The maximum atomic E-state index is 6.05. The van der Waals surface area contributed by atoms with Crippen LogP contribution in [-0.4, -0.2) is 7.11 Å². The number of hydrazine groups is 1. The van der Waals surface area contributed by atoms with Gasteiger partial charge in [0.05, 0.1) is 7.11 Å². The van der Waals surface area contributed by atoms with Gasteiger partial charge in [0.2, 0.25) is 0 Å². The van der Waals surface area contributed by atoms with Gasteiger partial charge in [-0.1, -0.05) is 38.3 Å². The Morgan fingerprint density at radius 1 is 1.44 bits per heavy atom. The second-order valence-electron chi connectivity index (χ2n) is 4.74. The highest BCUT2D eigenvalue weighted by Gasteiger charge is 2.18. The average molecular weight is 271 g/mol. The van der Waals surface area contributed by atoms with E-state index in [0.717, 1.165) is 17.7 Å². The Kier molecular flexibility index (Phi) is 6.47. The number of methoxy groups -OCH3 is 1. The van der Waals surface area contributed by atoms with Gasteiger partial charge in [-0.15, -0.1) is 0 Å². The van der Waals surface area contributed by atoms with Crippen molar-refractivity contribution < 1.29 is 4.74 Å². The molecule has 102 valence electrons. The molecule has 0 aliphatic heterocycles. The molecule has 0 saturated heterocycles. The Morgan fingerprint density at radius 3 is 2.72 bits per heavy atom. The van der Waals surface area contributed by atoms with Crippen molar-refractivity contribution in [3.8, 4) is 5.75 Å². The van der Waals surface area contributed by atoms with Crippen LogP contribution in [-0.2, 0) is 0 Å². The minimum atomic E-state index is 0.0696. The third-order valence-electron chi connectivity index (χ3n) is 3.19. The molecule has 0 aromatic heterocycles. The van der Waals surface area contributed by atoms with E-state index < -0.39 is 0 Å². The Hall–Kier alpha value is -0.770. The van der Waals surface area contributed by atoms with Crippen LogP contribution in [0.2, 0.25) is 5.02 Å². The van der Waals surface area contributed by atoms with E-state index in [2.05, 4.69) is 19.3 Å². The molecule has 18 heavy (non-hydrogen) atoms. The van der Waals surface area contributed by atoms with E-state index in [1.807, 2.05) is 18.2 Å². The highest BCUT2D eigenvalue weighted by molar-refractivity contribution is 6.30. The number of halogens is 1. The summed E-state index contributed by atoms with van der Waals surface area (Å²) >= 11 is 6.05. The summed E-state index contributed by atoms with van der Waals surface area (Å²) in [5, 5.41) is 0.703. The van der Waals surface area contributed by atoms with Crippen LogP contribution in [0.4, 0.5) is 0 Å². The van der Waals surface area contributed by atoms with Crippen LogP contribution >= 0.6 is 11.6 Å². The van der Waals surface area contributed by atoms with Crippen molar-refractivity contribution in [1.29, 1.82) is 0 Å². The molecule has 2 atom stereocenters. The summed E-state index contributed by atoms with van der Waals surface area (Å²) < 4.78 is 5.37. The molecule has 1 aromatic rings. The van der Waals surface area contributed by atoms with Crippen molar-refractivity contribution in [2.45, 2.75) is 39.2 Å². The Labute approximate surface area is 115 Å². The minimum absolute atomic E-state index is 0.0696. The van der Waals surface area contributed by atoms with E-state index in [1.165, 1.54) is 12.8 Å². The molecule has 0 radical (unpaired) electrons. The molecule has 1 aromatic carbocycles. The second kappa shape index (κ2) is 7.62. The molecular formula is C14H23ClN2O. The van der Waals surface area contributed by atoms with Gasteiger partial charge >= 0.3 is 0 Å². The quantitative estimate of drug-likeness (QED) is 0.587. The molecule has 0 heterocycles. The fraction of sp³-hybridized carbons (Fsp3) is 0.571. The van der Waals surface area contributed by atoms with Crippen LogP contribution in [0.25, 0.3) is 0 Å². The Morgan fingerprint density at radius 2 is 2.17 bits per heavy atom. The van der Waals surface area contributed by atoms with E-state index in [0.29, 0.717) is 10.9 Å². The lowest BCUT2D eigenvalue weighted by Crippen LogP contribution is -2.29.